The molecule has 6 heteroatoms. The molecule has 36 heavy (non-hydrogen) atoms. The van der Waals surface area contributed by atoms with Gasteiger partial charge in [-0.1, -0.05) is 48.5 Å². The third-order valence-corrected chi connectivity index (χ3v) is 6.75. The molecule has 0 radical (unpaired) electrons. The van der Waals surface area contributed by atoms with Crippen molar-refractivity contribution in [1.82, 2.24) is 0 Å². The van der Waals surface area contributed by atoms with E-state index in [-0.39, 0.29) is 13.6 Å². The van der Waals surface area contributed by atoms with Crippen molar-refractivity contribution in [3.63, 3.8) is 0 Å². The zero-order valence-corrected chi connectivity index (χ0v) is 20.0. The Labute approximate surface area is 210 Å². The highest BCUT2D eigenvalue weighted by atomic mass is 16.7. The van der Waals surface area contributed by atoms with Crippen molar-refractivity contribution < 1.29 is 18.9 Å². The molecule has 0 aliphatic carbocycles. The lowest BCUT2D eigenvalue weighted by atomic mass is 9.93. The molecule has 0 amide bonds. The van der Waals surface area contributed by atoms with Crippen LogP contribution in [0.4, 0.5) is 0 Å². The molecular weight excluding hydrogens is 452 g/mol. The van der Waals surface area contributed by atoms with Crippen LogP contribution >= 0.6 is 0 Å². The van der Waals surface area contributed by atoms with Gasteiger partial charge in [0.1, 0.15) is 0 Å². The lowest BCUT2D eigenvalue weighted by molar-refractivity contribution is 0.173. The summed E-state index contributed by atoms with van der Waals surface area (Å²) in [4.78, 5) is 0. The average molecular weight is 481 g/mol. The molecule has 0 bridgehead atoms. The van der Waals surface area contributed by atoms with Crippen LogP contribution in [0.5, 0.6) is 23.0 Å². The highest BCUT2D eigenvalue weighted by Crippen LogP contribution is 2.41. The summed E-state index contributed by atoms with van der Waals surface area (Å²) in [7, 11) is 0. The minimum Gasteiger partial charge on any atom is -0.454 e. The topological polar surface area (TPSA) is 89.0 Å². The number of fused-ring (bicyclic) bond motifs is 2. The van der Waals surface area contributed by atoms with Crippen LogP contribution in [0.2, 0.25) is 0 Å². The predicted molar refractivity (Wildman–Crippen MR) is 141 cm³/mol. The summed E-state index contributed by atoms with van der Waals surface area (Å²) in [6.45, 7) is 1.67. The van der Waals surface area contributed by atoms with E-state index < -0.39 is 0 Å². The Hall–Kier alpha value is -4.00. The fourth-order valence-electron chi connectivity index (χ4n) is 4.91. The second kappa shape index (κ2) is 9.57. The maximum absolute atomic E-state index is 5.87. The first-order chi connectivity index (χ1) is 17.7. The van der Waals surface area contributed by atoms with Crippen LogP contribution in [0.15, 0.2) is 72.8 Å². The summed E-state index contributed by atoms with van der Waals surface area (Å²) in [6, 6.07) is 25.4. The van der Waals surface area contributed by atoms with E-state index in [1.54, 1.807) is 0 Å². The minimum atomic E-state index is 0.260. The smallest absolute Gasteiger partial charge is 0.231 e. The second-order valence-corrected chi connectivity index (χ2v) is 8.96. The maximum atomic E-state index is 5.87. The molecule has 0 unspecified atom stereocenters. The van der Waals surface area contributed by atoms with Crippen molar-refractivity contribution in [3.8, 4) is 56.4 Å². The van der Waals surface area contributed by atoms with Crippen LogP contribution in [0.25, 0.3) is 33.4 Å². The molecule has 6 rings (SSSR count). The van der Waals surface area contributed by atoms with Crippen LogP contribution in [0.1, 0.15) is 11.1 Å². The lowest BCUT2D eigenvalue weighted by Gasteiger charge is -2.13. The zero-order chi connectivity index (χ0) is 24.5. The third-order valence-electron chi connectivity index (χ3n) is 6.75. The molecular formula is C30H28N2O4. The van der Waals surface area contributed by atoms with Gasteiger partial charge in [0.2, 0.25) is 13.6 Å². The third kappa shape index (κ3) is 4.15. The molecule has 0 atom stereocenters. The molecule has 2 heterocycles. The molecule has 0 saturated heterocycles. The van der Waals surface area contributed by atoms with E-state index in [1.807, 2.05) is 12.1 Å². The molecule has 4 aromatic rings. The van der Waals surface area contributed by atoms with Gasteiger partial charge in [-0.15, -0.1) is 0 Å². The Kier molecular flexibility index (Phi) is 5.97. The highest BCUT2D eigenvalue weighted by Gasteiger charge is 2.19. The number of ether oxygens (including phenoxy) is 4. The van der Waals surface area contributed by atoms with Crippen molar-refractivity contribution in [2.75, 3.05) is 26.7 Å². The zero-order valence-electron chi connectivity index (χ0n) is 20.0. The van der Waals surface area contributed by atoms with E-state index in [2.05, 4.69) is 60.7 Å². The van der Waals surface area contributed by atoms with Crippen LogP contribution in [0.3, 0.4) is 0 Å². The van der Waals surface area contributed by atoms with Gasteiger partial charge in [0, 0.05) is 0 Å². The van der Waals surface area contributed by atoms with Crippen LogP contribution in [-0.2, 0) is 12.8 Å². The SMILES string of the molecule is NCCc1cc2c(cc1-c1ccc(-c3ccc(-c4cc5c(cc4CCN)OCO5)cc3)cc1)OCO2. The van der Waals surface area contributed by atoms with Gasteiger partial charge in [-0.2, -0.15) is 0 Å². The summed E-state index contributed by atoms with van der Waals surface area (Å²) in [5, 5.41) is 0. The van der Waals surface area contributed by atoms with Gasteiger partial charge in [0.15, 0.2) is 23.0 Å². The van der Waals surface area contributed by atoms with Crippen LogP contribution < -0.4 is 30.4 Å². The average Bonchev–Trinajstić information content (AvgIpc) is 3.57. The summed E-state index contributed by atoms with van der Waals surface area (Å²) in [6.07, 6.45) is 1.56. The van der Waals surface area contributed by atoms with Crippen LogP contribution in [-0.4, -0.2) is 26.7 Å². The fraction of sp³-hybridized carbons (Fsp3) is 0.200. The molecule has 2 aliphatic rings. The number of rotatable bonds is 7. The van der Waals surface area contributed by atoms with E-state index in [0.717, 1.165) is 80.3 Å². The van der Waals surface area contributed by atoms with E-state index in [0.29, 0.717) is 13.1 Å². The largest absolute Gasteiger partial charge is 0.454 e. The lowest BCUT2D eigenvalue weighted by Crippen LogP contribution is -2.04. The standard InChI is InChI=1S/C30H28N2O4/c31-11-9-23-13-27-29(35-17-33-27)15-25(23)21-5-1-19(2-6-21)20-3-7-22(8-4-20)26-16-30-28(34-18-36-30)14-24(26)10-12-32/h1-8,13-16H,9-12,17-18,31-32H2. The maximum Gasteiger partial charge on any atom is 0.231 e. The number of benzene rings is 4. The first-order valence-electron chi connectivity index (χ1n) is 12.2. The molecule has 182 valence electrons. The molecule has 2 aliphatic heterocycles. The Morgan fingerprint density at radius 3 is 1.17 bits per heavy atom. The molecule has 0 saturated carbocycles. The highest BCUT2D eigenvalue weighted by molar-refractivity contribution is 5.77. The molecule has 4 aromatic carbocycles. The Morgan fingerprint density at radius 1 is 0.472 bits per heavy atom. The van der Waals surface area contributed by atoms with Crippen molar-refractivity contribution in [2.24, 2.45) is 11.5 Å². The molecule has 4 N–H and O–H groups in total. The second-order valence-electron chi connectivity index (χ2n) is 8.96. The van der Waals surface area contributed by atoms with E-state index >= 15 is 0 Å². The normalized spacial score (nSPS) is 13.3. The Balaban J connectivity index is 1.28. The summed E-state index contributed by atoms with van der Waals surface area (Å²) >= 11 is 0. The van der Waals surface area contributed by atoms with Crippen molar-refractivity contribution in [2.45, 2.75) is 12.8 Å². The van der Waals surface area contributed by atoms with Crippen molar-refractivity contribution in [1.29, 1.82) is 0 Å². The Bertz CT molecular complexity index is 1290. The predicted octanol–water partition coefficient (Wildman–Crippen LogP) is 5.15. The van der Waals surface area contributed by atoms with Crippen molar-refractivity contribution in [3.05, 3.63) is 83.9 Å². The van der Waals surface area contributed by atoms with Gasteiger partial charge in [-0.05, 0) is 94.7 Å². The summed E-state index contributed by atoms with van der Waals surface area (Å²) < 4.78 is 22.3. The van der Waals surface area contributed by atoms with Gasteiger partial charge in [-0.3, -0.25) is 0 Å². The molecule has 0 spiro atoms. The summed E-state index contributed by atoms with van der Waals surface area (Å²) in [5.74, 6) is 3.14. The fourth-order valence-corrected chi connectivity index (χ4v) is 4.91. The first kappa shape index (κ1) is 22.5. The summed E-state index contributed by atoms with van der Waals surface area (Å²) in [5.41, 5.74) is 20.9. The van der Waals surface area contributed by atoms with Gasteiger partial charge in [-0.25, -0.2) is 0 Å². The molecule has 0 fully saturated rings. The van der Waals surface area contributed by atoms with Gasteiger partial charge in [0.25, 0.3) is 0 Å². The molecule has 6 nitrogen and oxygen atoms in total. The molecule has 0 aromatic heterocycles. The van der Waals surface area contributed by atoms with Gasteiger partial charge >= 0.3 is 0 Å². The van der Waals surface area contributed by atoms with Crippen molar-refractivity contribution >= 4 is 0 Å². The number of hydrogen-bond donors (Lipinski definition) is 2. The van der Waals surface area contributed by atoms with Crippen LogP contribution in [0, 0.1) is 0 Å². The minimum absolute atomic E-state index is 0.260. The Morgan fingerprint density at radius 2 is 0.806 bits per heavy atom. The number of nitrogens with two attached hydrogens (primary N) is 2. The van der Waals surface area contributed by atoms with E-state index in [4.69, 9.17) is 30.4 Å². The first-order valence-corrected chi connectivity index (χ1v) is 12.2. The van der Waals surface area contributed by atoms with E-state index in [1.165, 1.54) is 0 Å². The monoisotopic (exact) mass is 480 g/mol. The number of hydrogen-bond acceptors (Lipinski definition) is 6. The van der Waals surface area contributed by atoms with Gasteiger partial charge in [0.05, 0.1) is 0 Å². The van der Waals surface area contributed by atoms with Gasteiger partial charge < -0.3 is 30.4 Å². The van der Waals surface area contributed by atoms with E-state index in [9.17, 15) is 0 Å². The quantitative estimate of drug-likeness (QED) is 0.380.